The van der Waals surface area contributed by atoms with Crippen molar-refractivity contribution in [1.82, 2.24) is 14.8 Å². The van der Waals surface area contributed by atoms with Gasteiger partial charge in [-0.2, -0.15) is 5.10 Å². The maximum atomic E-state index is 12.1. The third-order valence-corrected chi connectivity index (χ3v) is 4.14. The number of nitrogens with zero attached hydrogens (tertiary/aromatic N) is 3. The normalized spacial score (nSPS) is 11.6. The number of nitrogens with one attached hydrogen (secondary N) is 1. The van der Waals surface area contributed by atoms with Crippen molar-refractivity contribution >= 4 is 38.9 Å². The third-order valence-electron chi connectivity index (χ3n) is 2.37. The quantitative estimate of drug-likeness (QED) is 0.880. The Balaban J connectivity index is 2.41. The minimum absolute atomic E-state index is 0.00235. The first-order chi connectivity index (χ1) is 8.79. The fourth-order valence-electron chi connectivity index (χ4n) is 1.45. The molecule has 0 spiro atoms. The number of hydrogen-bond donors (Lipinski definition) is 1. The summed E-state index contributed by atoms with van der Waals surface area (Å²) >= 11 is 11.6. The smallest absolute Gasteiger partial charge is 0.265 e. The molecule has 0 amide bonds. The molecule has 0 radical (unpaired) electrons. The Kier molecular flexibility index (Phi) is 3.71. The molecule has 2 aromatic rings. The number of hydrogen-bond acceptors (Lipinski definition) is 4. The van der Waals surface area contributed by atoms with Gasteiger partial charge < -0.3 is 0 Å². The number of halogens is 2. The monoisotopic (exact) mass is 320 g/mol. The van der Waals surface area contributed by atoms with E-state index in [0.29, 0.717) is 5.56 Å². The van der Waals surface area contributed by atoms with Crippen molar-refractivity contribution in [3.8, 4) is 0 Å². The second-order valence-electron chi connectivity index (χ2n) is 3.88. The lowest BCUT2D eigenvalue weighted by molar-refractivity contribution is 0.601. The second-order valence-corrected chi connectivity index (χ2v) is 6.31. The Morgan fingerprint density at radius 3 is 2.58 bits per heavy atom. The minimum atomic E-state index is -3.75. The molecule has 9 heteroatoms. The van der Waals surface area contributed by atoms with Gasteiger partial charge in [-0.25, -0.2) is 13.4 Å². The Morgan fingerprint density at radius 2 is 2.05 bits per heavy atom. The molecule has 0 aromatic carbocycles. The van der Waals surface area contributed by atoms with Gasteiger partial charge in [-0.15, -0.1) is 0 Å². The van der Waals surface area contributed by atoms with Crippen LogP contribution in [0.15, 0.2) is 23.4 Å². The second kappa shape index (κ2) is 4.99. The summed E-state index contributed by atoms with van der Waals surface area (Å²) in [5, 5.41) is 4.01. The average molecular weight is 321 g/mol. The third kappa shape index (κ3) is 2.99. The van der Waals surface area contributed by atoms with Crippen LogP contribution in [0.4, 0.5) is 5.69 Å². The number of sulfonamides is 1. The number of aryl methyl sites for hydroxylation is 2. The van der Waals surface area contributed by atoms with E-state index in [1.54, 1.807) is 14.0 Å². The molecule has 0 bridgehead atoms. The van der Waals surface area contributed by atoms with E-state index in [4.69, 9.17) is 23.2 Å². The van der Waals surface area contributed by atoms with Crippen molar-refractivity contribution in [1.29, 1.82) is 0 Å². The zero-order valence-electron chi connectivity index (χ0n) is 10.1. The van der Waals surface area contributed by atoms with Crippen molar-refractivity contribution in [2.24, 2.45) is 7.05 Å². The molecule has 6 nitrogen and oxygen atoms in total. The van der Waals surface area contributed by atoms with Crippen molar-refractivity contribution in [2.75, 3.05) is 4.72 Å². The molecule has 2 aromatic heterocycles. The largest absolute Gasteiger partial charge is 0.276 e. The Hall–Kier alpha value is -1.31. The summed E-state index contributed by atoms with van der Waals surface area (Å²) < 4.78 is 28.0. The minimum Gasteiger partial charge on any atom is -0.276 e. The van der Waals surface area contributed by atoms with Crippen LogP contribution in [0.5, 0.6) is 0 Å². The van der Waals surface area contributed by atoms with Crippen LogP contribution in [0.25, 0.3) is 0 Å². The first-order valence-corrected chi connectivity index (χ1v) is 7.37. The lowest BCUT2D eigenvalue weighted by Crippen LogP contribution is -2.14. The van der Waals surface area contributed by atoms with Gasteiger partial charge in [-0.1, -0.05) is 23.2 Å². The maximum Gasteiger partial charge on any atom is 0.265 e. The highest BCUT2D eigenvalue weighted by Crippen LogP contribution is 2.28. The summed E-state index contributed by atoms with van der Waals surface area (Å²) in [7, 11) is -2.13. The van der Waals surface area contributed by atoms with E-state index in [9.17, 15) is 8.42 Å². The fraction of sp³-hybridized carbons (Fsp3) is 0.200. The first-order valence-electron chi connectivity index (χ1n) is 5.14. The van der Waals surface area contributed by atoms with E-state index >= 15 is 0 Å². The average Bonchev–Trinajstić information content (AvgIpc) is 2.71. The molecule has 0 aliphatic rings. The molecule has 0 saturated heterocycles. The van der Waals surface area contributed by atoms with Crippen LogP contribution in [-0.2, 0) is 17.1 Å². The number of anilines is 1. The number of rotatable bonds is 3. The zero-order valence-corrected chi connectivity index (χ0v) is 12.4. The van der Waals surface area contributed by atoms with Crippen LogP contribution < -0.4 is 4.72 Å². The highest BCUT2D eigenvalue weighted by molar-refractivity contribution is 7.92. The van der Waals surface area contributed by atoms with Gasteiger partial charge in [-0.05, 0) is 18.6 Å². The van der Waals surface area contributed by atoms with Crippen LogP contribution in [0, 0.1) is 6.92 Å². The maximum absolute atomic E-state index is 12.1. The first kappa shape index (κ1) is 14.1. The molecule has 0 unspecified atom stereocenters. The van der Waals surface area contributed by atoms with Crippen molar-refractivity contribution < 1.29 is 8.42 Å². The standard InChI is InChI=1S/C10H10Cl2N4O2S/c1-6-3-8(11)14-10(12)9(6)15-19(17,18)7-4-13-16(2)5-7/h3-5,15H,1-2H3. The molecule has 19 heavy (non-hydrogen) atoms. The summed E-state index contributed by atoms with van der Waals surface area (Å²) in [5.41, 5.74) is 0.785. The molecule has 102 valence electrons. The fourth-order valence-corrected chi connectivity index (χ4v) is 3.21. The molecule has 0 aliphatic carbocycles. The summed E-state index contributed by atoms with van der Waals surface area (Å²) in [6.45, 7) is 1.68. The van der Waals surface area contributed by atoms with Gasteiger partial charge in [0.15, 0.2) is 5.15 Å². The molecule has 0 aliphatic heterocycles. The van der Waals surface area contributed by atoms with E-state index in [1.165, 1.54) is 23.1 Å². The molecule has 2 heterocycles. The zero-order chi connectivity index (χ0) is 14.2. The van der Waals surface area contributed by atoms with Gasteiger partial charge in [0.2, 0.25) is 0 Å². The van der Waals surface area contributed by atoms with Gasteiger partial charge in [0.05, 0.1) is 11.9 Å². The van der Waals surface area contributed by atoms with Gasteiger partial charge in [0, 0.05) is 13.2 Å². The van der Waals surface area contributed by atoms with E-state index in [1.807, 2.05) is 0 Å². The van der Waals surface area contributed by atoms with Gasteiger partial charge in [-0.3, -0.25) is 9.40 Å². The highest BCUT2D eigenvalue weighted by Gasteiger charge is 2.19. The highest BCUT2D eigenvalue weighted by atomic mass is 35.5. The van der Waals surface area contributed by atoms with Gasteiger partial charge >= 0.3 is 0 Å². The number of aromatic nitrogens is 3. The van der Waals surface area contributed by atoms with Crippen LogP contribution in [-0.4, -0.2) is 23.2 Å². The molecular formula is C10H10Cl2N4O2S. The summed E-state index contributed by atoms with van der Waals surface area (Å²) in [6.07, 6.45) is 2.63. The van der Waals surface area contributed by atoms with Crippen LogP contribution in [0.1, 0.15) is 5.56 Å². The molecule has 2 rings (SSSR count). The van der Waals surface area contributed by atoms with Crippen LogP contribution in [0.3, 0.4) is 0 Å². The lowest BCUT2D eigenvalue weighted by Gasteiger charge is -2.10. The number of pyridine rings is 1. The molecule has 0 saturated carbocycles. The molecule has 1 N–H and O–H groups in total. The SMILES string of the molecule is Cc1cc(Cl)nc(Cl)c1NS(=O)(=O)c1cnn(C)c1. The van der Waals surface area contributed by atoms with E-state index in [-0.39, 0.29) is 20.9 Å². The molecule has 0 atom stereocenters. The predicted molar refractivity (Wildman–Crippen MR) is 73.0 cm³/mol. The topological polar surface area (TPSA) is 76.9 Å². The summed E-state index contributed by atoms with van der Waals surface area (Å²) in [5.74, 6) is 0. The van der Waals surface area contributed by atoms with Gasteiger partial charge in [0.1, 0.15) is 10.0 Å². The van der Waals surface area contributed by atoms with E-state index < -0.39 is 10.0 Å². The Labute approximate surface area is 120 Å². The van der Waals surface area contributed by atoms with E-state index in [2.05, 4.69) is 14.8 Å². The van der Waals surface area contributed by atoms with Crippen LogP contribution in [0.2, 0.25) is 10.3 Å². The van der Waals surface area contributed by atoms with Crippen molar-refractivity contribution in [3.05, 3.63) is 34.3 Å². The Morgan fingerprint density at radius 1 is 1.37 bits per heavy atom. The molecular weight excluding hydrogens is 311 g/mol. The summed E-state index contributed by atoms with van der Waals surface area (Å²) in [4.78, 5) is 3.84. The van der Waals surface area contributed by atoms with Crippen molar-refractivity contribution in [3.63, 3.8) is 0 Å². The predicted octanol–water partition coefficient (Wildman–Crippen LogP) is 2.23. The Bertz CT molecular complexity index is 704. The van der Waals surface area contributed by atoms with Gasteiger partial charge in [0.25, 0.3) is 10.0 Å². The summed E-state index contributed by atoms with van der Waals surface area (Å²) in [6, 6.07) is 1.52. The van der Waals surface area contributed by atoms with Crippen LogP contribution >= 0.6 is 23.2 Å². The van der Waals surface area contributed by atoms with Crippen molar-refractivity contribution in [2.45, 2.75) is 11.8 Å². The molecule has 0 fully saturated rings. The van der Waals surface area contributed by atoms with E-state index in [0.717, 1.165) is 0 Å². The lowest BCUT2D eigenvalue weighted by atomic mass is 10.3.